The largest absolute Gasteiger partial charge is 0.467 e. The van der Waals surface area contributed by atoms with Gasteiger partial charge in [-0.15, -0.1) is 0 Å². The number of aromatic amines is 1. The van der Waals surface area contributed by atoms with Crippen molar-refractivity contribution >= 4 is 29.0 Å². The Morgan fingerprint density at radius 1 is 1.20 bits per heavy atom. The molecule has 1 aromatic carbocycles. The third kappa shape index (κ3) is 5.21. The van der Waals surface area contributed by atoms with E-state index in [0.29, 0.717) is 31.6 Å². The molecule has 2 aromatic heterocycles. The second kappa shape index (κ2) is 10.5. The van der Waals surface area contributed by atoms with Crippen molar-refractivity contribution in [1.29, 1.82) is 0 Å². The van der Waals surface area contributed by atoms with Crippen molar-refractivity contribution in [3.8, 4) is 0 Å². The molecule has 184 valence electrons. The van der Waals surface area contributed by atoms with E-state index in [4.69, 9.17) is 10.2 Å². The number of amides is 2. The maximum atomic E-state index is 13.4. The topological polar surface area (TPSA) is 143 Å². The number of H-pyrrole nitrogens is 1. The van der Waals surface area contributed by atoms with Crippen molar-refractivity contribution in [1.82, 2.24) is 9.55 Å². The van der Waals surface area contributed by atoms with E-state index in [9.17, 15) is 19.2 Å². The summed E-state index contributed by atoms with van der Waals surface area (Å²) in [7, 11) is 0. The minimum absolute atomic E-state index is 0.00787. The van der Waals surface area contributed by atoms with E-state index in [0.717, 1.165) is 17.7 Å². The van der Waals surface area contributed by atoms with E-state index in [-0.39, 0.29) is 36.3 Å². The molecule has 10 heteroatoms. The number of unbranched alkanes of at least 4 members (excludes halogenated alkanes) is 1. The summed E-state index contributed by atoms with van der Waals surface area (Å²) in [5.41, 5.74) is 6.60. The monoisotopic (exact) mass is 479 g/mol. The lowest BCUT2D eigenvalue weighted by atomic mass is 9.89. The van der Waals surface area contributed by atoms with Gasteiger partial charge in [-0.05, 0) is 43.0 Å². The summed E-state index contributed by atoms with van der Waals surface area (Å²) in [6.07, 6.45) is 3.80. The number of furan rings is 1. The van der Waals surface area contributed by atoms with Gasteiger partial charge in [-0.1, -0.05) is 31.5 Å². The predicted octanol–water partition coefficient (Wildman–Crippen LogP) is 2.64. The van der Waals surface area contributed by atoms with Gasteiger partial charge >= 0.3 is 5.69 Å². The average molecular weight is 480 g/mol. The maximum Gasteiger partial charge on any atom is 0.330 e. The molecule has 1 unspecified atom stereocenters. The summed E-state index contributed by atoms with van der Waals surface area (Å²) in [5.74, 6) is -0.539. The van der Waals surface area contributed by atoms with Crippen LogP contribution < -0.4 is 27.2 Å². The lowest BCUT2D eigenvalue weighted by Crippen LogP contribution is -2.41. The van der Waals surface area contributed by atoms with Crippen LogP contribution in [-0.2, 0) is 29.1 Å². The number of hydrogen-bond donors (Lipinski definition) is 3. The molecule has 4 rings (SSSR count). The van der Waals surface area contributed by atoms with E-state index >= 15 is 0 Å². The zero-order valence-corrected chi connectivity index (χ0v) is 19.6. The number of nitrogens with one attached hydrogen (secondary N) is 2. The second-order valence-corrected chi connectivity index (χ2v) is 8.64. The van der Waals surface area contributed by atoms with Crippen LogP contribution in [0.4, 0.5) is 17.2 Å². The highest BCUT2D eigenvalue weighted by Crippen LogP contribution is 2.28. The number of nitrogens with zero attached hydrogens (tertiary/aromatic N) is 2. The number of carbonyl (C=O) groups excluding carboxylic acids is 2. The Balaban J connectivity index is 1.60. The molecule has 3 heterocycles. The standard InChI is InChI=1S/C25H29N5O5/c1-2-3-12-29-22(26)21(24(33)28-25(29)34)30(15-18-8-6-13-35-18)20(31)11-10-17-14-16-7-4-5-9-19(16)27-23(17)32/h4-9,13,17H,2-3,10-12,14-15,26H2,1H3,(H,27,32)(H,28,33,34). The molecule has 1 aliphatic rings. The average Bonchev–Trinajstić information content (AvgIpc) is 3.35. The summed E-state index contributed by atoms with van der Waals surface area (Å²) in [5, 5.41) is 2.89. The molecule has 0 saturated heterocycles. The van der Waals surface area contributed by atoms with E-state index in [1.807, 2.05) is 31.2 Å². The molecule has 4 N–H and O–H groups in total. The quantitative estimate of drug-likeness (QED) is 0.430. The number of nitrogens with two attached hydrogens (primary N) is 1. The number of para-hydroxylation sites is 1. The summed E-state index contributed by atoms with van der Waals surface area (Å²) in [4.78, 5) is 54.7. The number of hydrogen-bond acceptors (Lipinski definition) is 6. The first kappa shape index (κ1) is 24.1. The number of anilines is 3. The summed E-state index contributed by atoms with van der Waals surface area (Å²) in [6.45, 7) is 2.25. The van der Waals surface area contributed by atoms with Crippen LogP contribution in [0.3, 0.4) is 0 Å². The normalized spacial score (nSPS) is 14.9. The fraction of sp³-hybridized carbons (Fsp3) is 0.360. The third-order valence-corrected chi connectivity index (χ3v) is 6.23. The Hall–Kier alpha value is -4.08. The number of benzene rings is 1. The van der Waals surface area contributed by atoms with Gasteiger partial charge in [-0.3, -0.25) is 28.8 Å². The number of carbonyl (C=O) groups is 2. The van der Waals surface area contributed by atoms with Crippen LogP contribution in [0.25, 0.3) is 0 Å². The molecule has 0 aliphatic carbocycles. The van der Waals surface area contributed by atoms with Gasteiger partial charge in [0.25, 0.3) is 5.56 Å². The Morgan fingerprint density at radius 3 is 2.74 bits per heavy atom. The molecule has 0 bridgehead atoms. The molecule has 2 amide bonds. The van der Waals surface area contributed by atoms with Gasteiger partial charge < -0.3 is 15.5 Å². The Kier molecular flexibility index (Phi) is 7.19. The van der Waals surface area contributed by atoms with Crippen LogP contribution in [0, 0.1) is 5.92 Å². The molecule has 3 aromatic rings. The smallest absolute Gasteiger partial charge is 0.330 e. The molecule has 0 spiro atoms. The highest BCUT2D eigenvalue weighted by Gasteiger charge is 2.29. The van der Waals surface area contributed by atoms with Gasteiger partial charge in [0.15, 0.2) is 5.69 Å². The zero-order chi connectivity index (χ0) is 24.9. The van der Waals surface area contributed by atoms with E-state index in [1.54, 1.807) is 12.1 Å². The van der Waals surface area contributed by atoms with Gasteiger partial charge in [0.1, 0.15) is 11.6 Å². The molecular formula is C25H29N5O5. The molecular weight excluding hydrogens is 450 g/mol. The minimum atomic E-state index is -0.746. The van der Waals surface area contributed by atoms with Crippen molar-refractivity contribution < 1.29 is 14.0 Å². The molecule has 1 aliphatic heterocycles. The van der Waals surface area contributed by atoms with Crippen molar-refractivity contribution in [2.24, 2.45) is 5.92 Å². The van der Waals surface area contributed by atoms with Crippen LogP contribution in [0.5, 0.6) is 0 Å². The fourth-order valence-electron chi connectivity index (χ4n) is 4.31. The first-order valence-electron chi connectivity index (χ1n) is 11.7. The number of rotatable bonds is 9. The van der Waals surface area contributed by atoms with Gasteiger partial charge in [-0.2, -0.15) is 0 Å². The first-order chi connectivity index (χ1) is 16.9. The highest BCUT2D eigenvalue weighted by atomic mass is 16.3. The molecule has 35 heavy (non-hydrogen) atoms. The van der Waals surface area contributed by atoms with Crippen molar-refractivity contribution in [3.63, 3.8) is 0 Å². The van der Waals surface area contributed by atoms with E-state index in [1.165, 1.54) is 15.7 Å². The van der Waals surface area contributed by atoms with Crippen LogP contribution in [0.15, 0.2) is 56.7 Å². The highest BCUT2D eigenvalue weighted by molar-refractivity contribution is 5.98. The van der Waals surface area contributed by atoms with Gasteiger partial charge in [0.05, 0.1) is 12.8 Å². The molecule has 10 nitrogen and oxygen atoms in total. The minimum Gasteiger partial charge on any atom is -0.467 e. The van der Waals surface area contributed by atoms with Gasteiger partial charge in [0.2, 0.25) is 11.8 Å². The van der Waals surface area contributed by atoms with Crippen molar-refractivity contribution in [2.45, 2.75) is 52.1 Å². The summed E-state index contributed by atoms with van der Waals surface area (Å²) >= 11 is 0. The number of fused-ring (bicyclic) bond motifs is 1. The van der Waals surface area contributed by atoms with Crippen LogP contribution in [0.1, 0.15) is 43.9 Å². The zero-order valence-electron chi connectivity index (χ0n) is 19.6. The maximum absolute atomic E-state index is 13.4. The summed E-state index contributed by atoms with van der Waals surface area (Å²) < 4.78 is 6.68. The van der Waals surface area contributed by atoms with Crippen LogP contribution in [0.2, 0.25) is 0 Å². The first-order valence-corrected chi connectivity index (χ1v) is 11.7. The predicted molar refractivity (Wildman–Crippen MR) is 132 cm³/mol. The lowest BCUT2D eigenvalue weighted by molar-refractivity contribution is -0.121. The molecule has 0 saturated carbocycles. The Bertz CT molecular complexity index is 1320. The van der Waals surface area contributed by atoms with Crippen molar-refractivity contribution in [3.05, 3.63) is 74.8 Å². The Morgan fingerprint density at radius 2 is 2.00 bits per heavy atom. The Labute approximate surface area is 201 Å². The van der Waals surface area contributed by atoms with E-state index < -0.39 is 17.2 Å². The van der Waals surface area contributed by atoms with Crippen LogP contribution >= 0.6 is 0 Å². The van der Waals surface area contributed by atoms with Gasteiger partial charge in [0, 0.05) is 24.6 Å². The van der Waals surface area contributed by atoms with E-state index in [2.05, 4.69) is 10.3 Å². The second-order valence-electron chi connectivity index (χ2n) is 8.64. The fourth-order valence-corrected chi connectivity index (χ4v) is 4.31. The number of aromatic nitrogens is 2. The van der Waals surface area contributed by atoms with Gasteiger partial charge in [-0.25, -0.2) is 4.79 Å². The third-order valence-electron chi connectivity index (χ3n) is 6.23. The van der Waals surface area contributed by atoms with Crippen LogP contribution in [-0.4, -0.2) is 21.4 Å². The SMILES string of the molecule is CCCCn1c(N)c(N(Cc2ccco2)C(=O)CCC2Cc3ccccc3NC2=O)c(=O)[nH]c1=O. The molecule has 0 radical (unpaired) electrons. The molecule has 1 atom stereocenters. The lowest BCUT2D eigenvalue weighted by Gasteiger charge is -2.26. The number of nitrogen functional groups attached to an aromatic ring is 1. The van der Waals surface area contributed by atoms with Crippen molar-refractivity contribution in [2.75, 3.05) is 16.0 Å². The molecule has 0 fully saturated rings. The summed E-state index contributed by atoms with van der Waals surface area (Å²) in [6, 6.07) is 10.9.